The Balaban J connectivity index is 1.37. The average molecular weight is 548 g/mol. The molecule has 7 unspecified atom stereocenters. The van der Waals surface area contributed by atoms with E-state index in [0.29, 0.717) is 47.3 Å². The Morgan fingerprint density at radius 2 is 1.67 bits per heavy atom. The number of ether oxygens (including phenoxy) is 3. The Morgan fingerprint density at radius 3 is 2.31 bits per heavy atom. The highest BCUT2D eigenvalue weighted by molar-refractivity contribution is 5.69. The number of hydrogen-bond acceptors (Lipinski definition) is 6. The summed E-state index contributed by atoms with van der Waals surface area (Å²) in [7, 11) is 3.17. The lowest BCUT2D eigenvalue weighted by Crippen LogP contribution is -2.60. The fourth-order valence-electron chi connectivity index (χ4n) is 11.9. The molecule has 5 rings (SSSR count). The first kappa shape index (κ1) is 29.2. The number of esters is 1. The second-order valence-electron chi connectivity index (χ2n) is 15.2. The normalized spacial score (nSPS) is 47.0. The lowest BCUT2D eigenvalue weighted by Gasteiger charge is -2.63. The van der Waals surface area contributed by atoms with Crippen molar-refractivity contribution in [2.24, 2.45) is 56.5 Å². The van der Waals surface area contributed by atoms with E-state index in [-0.39, 0.29) is 40.5 Å². The van der Waals surface area contributed by atoms with Crippen molar-refractivity contribution >= 4 is 12.1 Å². The van der Waals surface area contributed by atoms with E-state index in [9.17, 15) is 14.7 Å². The number of fused-ring (bicyclic) bond motifs is 2. The number of hydrogen-bond donors (Lipinski definition) is 2. The summed E-state index contributed by atoms with van der Waals surface area (Å²) in [5.74, 6) is 1.68. The highest BCUT2D eigenvalue weighted by Crippen LogP contribution is 2.89. The predicted molar refractivity (Wildman–Crippen MR) is 149 cm³/mol. The van der Waals surface area contributed by atoms with Gasteiger partial charge in [-0.25, -0.2) is 4.79 Å². The first-order valence-electron chi connectivity index (χ1n) is 15.5. The van der Waals surface area contributed by atoms with Crippen LogP contribution in [0.4, 0.5) is 4.79 Å². The molecule has 0 aromatic heterocycles. The molecule has 0 radical (unpaired) electrons. The van der Waals surface area contributed by atoms with Crippen molar-refractivity contribution in [3.63, 3.8) is 0 Å². The highest BCUT2D eigenvalue weighted by atomic mass is 16.6. The van der Waals surface area contributed by atoms with Crippen molar-refractivity contribution < 1.29 is 28.9 Å². The van der Waals surface area contributed by atoms with Crippen molar-refractivity contribution in [1.29, 1.82) is 0 Å². The smallest absolute Gasteiger partial charge is 0.404 e. The highest BCUT2D eigenvalue weighted by Gasteiger charge is 2.83. The molecule has 7 heteroatoms. The van der Waals surface area contributed by atoms with Gasteiger partial charge >= 0.3 is 12.1 Å². The molecule has 0 aliphatic heterocycles. The van der Waals surface area contributed by atoms with Gasteiger partial charge in [-0.1, -0.05) is 34.6 Å². The molecule has 5 aliphatic carbocycles. The third kappa shape index (κ3) is 3.94. The van der Waals surface area contributed by atoms with Crippen LogP contribution in [0.1, 0.15) is 105 Å². The monoisotopic (exact) mass is 547 g/mol. The standard InChI is InChI=1S/C32H53NO6/c1-19(16-20(37-6)8-11-26(35)38-7)21-17-24(34)30(5)23-10-9-22-28(2,3)25(39-27(33)36)12-13-31(22)18-32(23,31)15-14-29(21,30)4/h19-25,34H,8-18H2,1-7H3,(H2,33,36)/t19-,20?,21?,22+,23?,24+,25?,29?,30-,31?,32?/m1/s1. The van der Waals surface area contributed by atoms with Crippen LogP contribution >= 0.6 is 0 Å². The Hall–Kier alpha value is -1.34. The lowest BCUT2D eigenvalue weighted by molar-refractivity contribution is -0.181. The van der Waals surface area contributed by atoms with Gasteiger partial charge in [0.25, 0.3) is 0 Å². The molecule has 0 bridgehead atoms. The number of amides is 1. The molecule has 0 heterocycles. The van der Waals surface area contributed by atoms with E-state index >= 15 is 0 Å². The van der Waals surface area contributed by atoms with Gasteiger partial charge in [0.05, 0.1) is 19.3 Å². The summed E-state index contributed by atoms with van der Waals surface area (Å²) >= 11 is 0. The van der Waals surface area contributed by atoms with Gasteiger partial charge in [0.2, 0.25) is 0 Å². The van der Waals surface area contributed by atoms with E-state index in [1.54, 1.807) is 7.11 Å². The van der Waals surface area contributed by atoms with Crippen molar-refractivity contribution in [2.75, 3.05) is 14.2 Å². The Labute approximate surface area is 235 Å². The largest absolute Gasteiger partial charge is 0.469 e. The molecule has 5 aliphatic rings. The fourth-order valence-corrected chi connectivity index (χ4v) is 11.9. The predicted octanol–water partition coefficient (Wildman–Crippen LogP) is 5.85. The molecule has 2 spiro atoms. The maximum atomic E-state index is 11.9. The third-order valence-electron chi connectivity index (χ3n) is 14.0. The van der Waals surface area contributed by atoms with Crippen LogP contribution in [0, 0.1) is 50.7 Å². The van der Waals surface area contributed by atoms with E-state index in [0.717, 1.165) is 44.9 Å². The van der Waals surface area contributed by atoms with Gasteiger partial charge in [0.1, 0.15) is 6.10 Å². The van der Waals surface area contributed by atoms with Crippen LogP contribution in [-0.4, -0.2) is 49.7 Å². The second-order valence-corrected chi connectivity index (χ2v) is 15.2. The van der Waals surface area contributed by atoms with Crippen molar-refractivity contribution in [3.8, 4) is 0 Å². The number of aliphatic hydroxyl groups excluding tert-OH is 1. The zero-order chi connectivity index (χ0) is 28.6. The summed E-state index contributed by atoms with van der Waals surface area (Å²) in [4.78, 5) is 23.4. The minimum Gasteiger partial charge on any atom is -0.469 e. The maximum Gasteiger partial charge on any atom is 0.404 e. The molecule has 0 aromatic rings. The summed E-state index contributed by atoms with van der Waals surface area (Å²) < 4.78 is 16.3. The SMILES string of the molecule is COC(=O)CCC(C[C@@H](C)C1C[C@H](O)[C@@]2(C)C3CC[C@H]4C(C)(C)C(OC(N)=O)CCC45CC35CCC12C)OC. The van der Waals surface area contributed by atoms with E-state index in [1.165, 1.54) is 20.0 Å². The molecule has 222 valence electrons. The molecule has 5 fully saturated rings. The first-order chi connectivity index (χ1) is 18.2. The molecule has 5 saturated carbocycles. The Kier molecular flexibility index (Phi) is 7.18. The van der Waals surface area contributed by atoms with E-state index in [1.807, 2.05) is 0 Å². The fraction of sp³-hybridized carbons (Fsp3) is 0.938. The van der Waals surface area contributed by atoms with Gasteiger partial charge < -0.3 is 25.1 Å². The van der Waals surface area contributed by atoms with Crippen LogP contribution < -0.4 is 5.73 Å². The van der Waals surface area contributed by atoms with Crippen molar-refractivity contribution in [1.82, 2.24) is 0 Å². The molecular formula is C32H53NO6. The van der Waals surface area contributed by atoms with Crippen LogP contribution in [0.15, 0.2) is 0 Å². The third-order valence-corrected chi connectivity index (χ3v) is 14.0. The second kappa shape index (κ2) is 9.61. The minimum atomic E-state index is -0.653. The van der Waals surface area contributed by atoms with E-state index in [2.05, 4.69) is 34.6 Å². The number of rotatable bonds is 8. The van der Waals surface area contributed by atoms with Crippen LogP contribution in [0.3, 0.4) is 0 Å². The summed E-state index contributed by atoms with van der Waals surface area (Å²) in [6, 6.07) is 0. The Morgan fingerprint density at radius 1 is 1.00 bits per heavy atom. The van der Waals surface area contributed by atoms with Gasteiger partial charge in [-0.3, -0.25) is 4.79 Å². The summed E-state index contributed by atoms with van der Waals surface area (Å²) in [6.07, 6.45) is 9.67. The number of nitrogens with two attached hydrogens (primary N) is 1. The molecule has 0 saturated heterocycles. The Bertz CT molecular complexity index is 984. The van der Waals surface area contributed by atoms with Gasteiger partial charge in [0.15, 0.2) is 0 Å². The average Bonchev–Trinajstić information content (AvgIpc) is 3.50. The molecule has 1 amide bonds. The minimum absolute atomic E-state index is 0.0174. The number of aliphatic hydroxyl groups is 1. The molecular weight excluding hydrogens is 494 g/mol. The molecule has 3 N–H and O–H groups in total. The van der Waals surface area contributed by atoms with E-state index in [4.69, 9.17) is 19.9 Å². The summed E-state index contributed by atoms with van der Waals surface area (Å²) in [5.41, 5.74) is 5.93. The van der Waals surface area contributed by atoms with Gasteiger partial charge in [-0.2, -0.15) is 0 Å². The zero-order valence-corrected chi connectivity index (χ0v) is 25.4. The number of carbonyl (C=O) groups excluding carboxylic acids is 2. The van der Waals surface area contributed by atoms with Gasteiger partial charge in [0, 0.05) is 24.4 Å². The summed E-state index contributed by atoms with van der Waals surface area (Å²) in [5, 5.41) is 11.9. The van der Waals surface area contributed by atoms with Crippen LogP contribution in [0.25, 0.3) is 0 Å². The maximum absolute atomic E-state index is 11.9. The topological polar surface area (TPSA) is 108 Å². The number of methoxy groups -OCH3 is 2. The van der Waals surface area contributed by atoms with Crippen LogP contribution in [-0.2, 0) is 19.0 Å². The lowest BCUT2D eigenvalue weighted by atomic mass is 9.41. The molecule has 0 aromatic carbocycles. The molecule has 7 nitrogen and oxygen atoms in total. The van der Waals surface area contributed by atoms with Crippen molar-refractivity contribution in [3.05, 3.63) is 0 Å². The van der Waals surface area contributed by atoms with Gasteiger partial charge in [-0.15, -0.1) is 0 Å². The number of primary amides is 1. The van der Waals surface area contributed by atoms with Crippen molar-refractivity contribution in [2.45, 2.75) is 124 Å². The summed E-state index contributed by atoms with van der Waals surface area (Å²) in [6.45, 7) is 11.8. The zero-order valence-electron chi connectivity index (χ0n) is 25.4. The van der Waals surface area contributed by atoms with Crippen LogP contribution in [0.5, 0.6) is 0 Å². The number of carbonyl (C=O) groups is 2. The first-order valence-corrected chi connectivity index (χ1v) is 15.5. The van der Waals surface area contributed by atoms with Crippen LogP contribution in [0.2, 0.25) is 0 Å². The van der Waals surface area contributed by atoms with Gasteiger partial charge in [-0.05, 0) is 104 Å². The molecule has 39 heavy (non-hydrogen) atoms. The van der Waals surface area contributed by atoms with E-state index < -0.39 is 6.09 Å². The quantitative estimate of drug-likeness (QED) is 0.369. The molecule has 11 atom stereocenters.